The van der Waals surface area contributed by atoms with Crippen LogP contribution in [0.15, 0.2) is 97.1 Å². The van der Waals surface area contributed by atoms with Gasteiger partial charge in [-0.1, -0.05) is 84.9 Å². The molecule has 4 rings (SSSR count). The van der Waals surface area contributed by atoms with Crippen LogP contribution in [0.1, 0.15) is 31.9 Å². The highest BCUT2D eigenvalue weighted by Gasteiger charge is 2.35. The lowest BCUT2D eigenvalue weighted by Gasteiger charge is -2.35. The van der Waals surface area contributed by atoms with E-state index < -0.39 is 45.8 Å². The molecule has 0 aliphatic heterocycles. The van der Waals surface area contributed by atoms with Crippen molar-refractivity contribution in [3.05, 3.63) is 114 Å². The van der Waals surface area contributed by atoms with Crippen molar-refractivity contribution in [3.8, 4) is 0 Å². The number of benzene rings is 4. The number of sulfonamides is 1. The fraction of sp³-hybridized carbons (Fsp3) is 0.273. The lowest BCUT2D eigenvalue weighted by atomic mass is 10.0. The van der Waals surface area contributed by atoms with Gasteiger partial charge in [0.25, 0.3) is 0 Å². The second kappa shape index (κ2) is 12.7. The first-order valence-corrected chi connectivity index (χ1v) is 15.5. The van der Waals surface area contributed by atoms with Crippen LogP contribution in [0.4, 0.5) is 10.1 Å². The van der Waals surface area contributed by atoms with E-state index in [0.29, 0.717) is 11.1 Å². The molecule has 4 aromatic rings. The molecule has 1 unspecified atom stereocenters. The molecule has 220 valence electrons. The Balaban J connectivity index is 1.81. The Hall–Kier alpha value is -4.24. The molecule has 0 aliphatic rings. The predicted octanol–water partition coefficient (Wildman–Crippen LogP) is 5.30. The molecule has 0 saturated carbocycles. The average molecular weight is 590 g/mol. The minimum absolute atomic E-state index is 0.149. The summed E-state index contributed by atoms with van der Waals surface area (Å²) in [6.45, 7) is 4.70. The van der Waals surface area contributed by atoms with Crippen molar-refractivity contribution in [3.63, 3.8) is 0 Å². The first-order valence-electron chi connectivity index (χ1n) is 13.7. The number of nitrogens with zero attached hydrogens (tertiary/aromatic N) is 2. The number of nitrogens with one attached hydrogen (secondary N) is 1. The van der Waals surface area contributed by atoms with E-state index in [1.54, 1.807) is 42.5 Å². The number of anilines is 1. The summed E-state index contributed by atoms with van der Waals surface area (Å²) in [6.07, 6.45) is 1.19. The fourth-order valence-electron chi connectivity index (χ4n) is 4.84. The van der Waals surface area contributed by atoms with Gasteiger partial charge < -0.3 is 10.2 Å². The molecule has 2 amide bonds. The largest absolute Gasteiger partial charge is 0.350 e. The Kier molecular flexibility index (Phi) is 9.31. The molecule has 4 aromatic carbocycles. The van der Waals surface area contributed by atoms with Crippen LogP contribution in [0.3, 0.4) is 0 Å². The van der Waals surface area contributed by atoms with E-state index in [9.17, 15) is 22.4 Å². The summed E-state index contributed by atoms with van der Waals surface area (Å²) in [7, 11) is -3.94. The molecule has 0 fully saturated rings. The minimum Gasteiger partial charge on any atom is -0.350 e. The lowest BCUT2D eigenvalue weighted by molar-refractivity contribution is -0.140. The van der Waals surface area contributed by atoms with Crippen LogP contribution in [-0.2, 0) is 32.6 Å². The van der Waals surface area contributed by atoms with Gasteiger partial charge in [0, 0.05) is 29.5 Å². The van der Waals surface area contributed by atoms with Crippen molar-refractivity contribution in [2.75, 3.05) is 17.1 Å². The lowest BCUT2D eigenvalue weighted by Crippen LogP contribution is -2.56. The summed E-state index contributed by atoms with van der Waals surface area (Å²) >= 11 is 0. The normalized spacial score (nSPS) is 12.5. The Morgan fingerprint density at radius 1 is 0.857 bits per heavy atom. The maximum absolute atomic E-state index is 14.9. The molecular formula is C33H36FN3O4S. The van der Waals surface area contributed by atoms with Crippen molar-refractivity contribution in [1.82, 2.24) is 10.2 Å². The van der Waals surface area contributed by atoms with Crippen LogP contribution in [0.25, 0.3) is 10.8 Å². The summed E-state index contributed by atoms with van der Waals surface area (Å²) in [4.78, 5) is 29.3. The van der Waals surface area contributed by atoms with Gasteiger partial charge in [-0.15, -0.1) is 0 Å². The van der Waals surface area contributed by atoms with Gasteiger partial charge >= 0.3 is 0 Å². The molecule has 0 saturated heterocycles. The van der Waals surface area contributed by atoms with Gasteiger partial charge in [-0.25, -0.2) is 12.8 Å². The molecule has 1 N–H and O–H groups in total. The summed E-state index contributed by atoms with van der Waals surface area (Å²) < 4.78 is 42.3. The fourth-order valence-corrected chi connectivity index (χ4v) is 5.70. The summed E-state index contributed by atoms with van der Waals surface area (Å²) in [6, 6.07) is 26.7. The zero-order chi connectivity index (χ0) is 30.5. The molecule has 0 bridgehead atoms. The van der Waals surface area contributed by atoms with Crippen LogP contribution in [0, 0.1) is 5.82 Å². The Morgan fingerprint density at radius 2 is 1.48 bits per heavy atom. The number of hydrogen-bond acceptors (Lipinski definition) is 4. The highest BCUT2D eigenvalue weighted by molar-refractivity contribution is 7.92. The van der Waals surface area contributed by atoms with Crippen molar-refractivity contribution in [2.24, 2.45) is 0 Å². The smallest absolute Gasteiger partial charge is 0.244 e. The van der Waals surface area contributed by atoms with Gasteiger partial charge in [0.05, 0.1) is 11.9 Å². The summed E-state index contributed by atoms with van der Waals surface area (Å²) in [5, 5.41) is 4.42. The van der Waals surface area contributed by atoms with Crippen LogP contribution >= 0.6 is 0 Å². The SMILES string of the molecule is CC(C)(C)NC(=O)C(Cc1ccccc1)N(Cc1ccccc1F)C(=O)CN(c1cccc2ccccc12)S(C)(=O)=O. The summed E-state index contributed by atoms with van der Waals surface area (Å²) in [5.41, 5.74) is 0.740. The molecular weight excluding hydrogens is 553 g/mol. The van der Waals surface area contributed by atoms with Gasteiger partial charge in [0.1, 0.15) is 18.4 Å². The maximum atomic E-state index is 14.9. The second-order valence-electron chi connectivity index (χ2n) is 11.3. The van der Waals surface area contributed by atoms with E-state index in [-0.39, 0.29) is 18.5 Å². The molecule has 0 spiro atoms. The van der Waals surface area contributed by atoms with Gasteiger partial charge in [-0.3, -0.25) is 13.9 Å². The van der Waals surface area contributed by atoms with Gasteiger partial charge in [0.2, 0.25) is 21.8 Å². The van der Waals surface area contributed by atoms with Gasteiger partial charge in [0.15, 0.2) is 0 Å². The van der Waals surface area contributed by atoms with E-state index in [1.807, 2.05) is 69.3 Å². The first-order chi connectivity index (χ1) is 19.8. The quantitative estimate of drug-likeness (QED) is 0.272. The van der Waals surface area contributed by atoms with E-state index >= 15 is 0 Å². The van der Waals surface area contributed by atoms with E-state index in [1.165, 1.54) is 11.0 Å². The van der Waals surface area contributed by atoms with Gasteiger partial charge in [-0.2, -0.15) is 0 Å². The summed E-state index contributed by atoms with van der Waals surface area (Å²) in [5.74, 6) is -1.59. The number of rotatable bonds is 10. The standard InChI is InChI=1S/C33H36FN3O4S/c1-33(2,3)35-32(39)30(21-24-13-6-5-7-14-24)36(22-26-16-9-11-19-28(26)34)31(38)23-37(42(4,40)41)29-20-12-17-25-15-8-10-18-27(25)29/h5-20,30H,21-23H2,1-4H3,(H,35,39). The van der Waals surface area contributed by atoms with E-state index in [2.05, 4.69) is 5.32 Å². The Bertz CT molecular complexity index is 1660. The van der Waals surface area contributed by atoms with Crippen LogP contribution in [0.5, 0.6) is 0 Å². The van der Waals surface area contributed by atoms with Crippen LogP contribution in [-0.4, -0.2) is 49.5 Å². The molecule has 0 aromatic heterocycles. The molecule has 1 atom stereocenters. The van der Waals surface area contributed by atoms with Crippen molar-refractivity contribution in [1.29, 1.82) is 0 Å². The topological polar surface area (TPSA) is 86.8 Å². The monoisotopic (exact) mass is 589 g/mol. The molecule has 0 aliphatic carbocycles. The van der Waals surface area contributed by atoms with Gasteiger partial charge in [-0.05, 0) is 43.9 Å². The highest BCUT2D eigenvalue weighted by atomic mass is 32.2. The molecule has 7 nitrogen and oxygen atoms in total. The van der Waals surface area contributed by atoms with E-state index in [4.69, 9.17) is 0 Å². The maximum Gasteiger partial charge on any atom is 0.244 e. The van der Waals surface area contributed by atoms with Crippen molar-refractivity contribution >= 4 is 38.3 Å². The average Bonchev–Trinajstić information content (AvgIpc) is 2.93. The second-order valence-corrected chi connectivity index (χ2v) is 13.2. The van der Waals surface area contributed by atoms with Crippen molar-refractivity contribution < 1.29 is 22.4 Å². The molecule has 0 radical (unpaired) electrons. The third-order valence-electron chi connectivity index (χ3n) is 6.78. The number of carbonyl (C=O) groups excluding carboxylic acids is 2. The number of halogens is 1. The minimum atomic E-state index is -3.94. The zero-order valence-corrected chi connectivity index (χ0v) is 25.1. The number of amides is 2. The van der Waals surface area contributed by atoms with Crippen molar-refractivity contribution in [2.45, 2.75) is 45.3 Å². The Morgan fingerprint density at radius 3 is 2.14 bits per heavy atom. The van der Waals surface area contributed by atoms with Crippen LogP contribution < -0.4 is 9.62 Å². The Labute approximate surface area is 247 Å². The van der Waals surface area contributed by atoms with Crippen LogP contribution in [0.2, 0.25) is 0 Å². The number of hydrogen-bond donors (Lipinski definition) is 1. The predicted molar refractivity (Wildman–Crippen MR) is 165 cm³/mol. The molecule has 42 heavy (non-hydrogen) atoms. The number of carbonyl (C=O) groups is 2. The third-order valence-corrected chi connectivity index (χ3v) is 7.91. The van der Waals surface area contributed by atoms with E-state index in [0.717, 1.165) is 21.5 Å². The number of fused-ring (bicyclic) bond motifs is 1. The third kappa shape index (κ3) is 7.73. The first kappa shape index (κ1) is 30.7. The molecule has 9 heteroatoms. The molecule has 0 heterocycles. The zero-order valence-electron chi connectivity index (χ0n) is 24.2. The highest BCUT2D eigenvalue weighted by Crippen LogP contribution is 2.29.